The van der Waals surface area contributed by atoms with Crippen LogP contribution in [0.4, 0.5) is 4.79 Å². The van der Waals surface area contributed by atoms with Gasteiger partial charge in [0, 0.05) is 6.42 Å². The van der Waals surface area contributed by atoms with E-state index in [0.717, 1.165) is 16.7 Å². The number of nitrogens with one attached hydrogen (secondary N) is 3. The molecular weight excluding hydrogens is 550 g/mol. The van der Waals surface area contributed by atoms with E-state index in [0.29, 0.717) is 5.75 Å². The highest BCUT2D eigenvalue weighted by atomic mass is 16.6. The number of Topliss-reactive ketones (excluding diaryl/α,β-unsaturated/α-hetero) is 1. The molecule has 3 aromatic carbocycles. The number of amides is 3. The van der Waals surface area contributed by atoms with Crippen LogP contribution in [0.5, 0.6) is 5.75 Å². The van der Waals surface area contributed by atoms with Gasteiger partial charge in [-0.3, -0.25) is 14.4 Å². The average Bonchev–Trinajstić information content (AvgIpc) is 3.78. The zero-order chi connectivity index (χ0) is 30.8. The van der Waals surface area contributed by atoms with Crippen molar-refractivity contribution in [3.8, 4) is 5.75 Å². The highest BCUT2D eigenvalue weighted by molar-refractivity contribution is 5.98. The van der Waals surface area contributed by atoms with Crippen LogP contribution in [-0.4, -0.2) is 61.1 Å². The molecule has 4 atom stereocenters. The minimum atomic E-state index is -1.05. The number of carbonyl (C=O) groups excluding carboxylic acids is 4. The summed E-state index contributed by atoms with van der Waals surface area (Å²) in [5.41, 5.74) is 1.47. The molecule has 3 aromatic rings. The van der Waals surface area contributed by atoms with E-state index in [2.05, 4.69) is 16.0 Å². The van der Waals surface area contributed by atoms with Crippen LogP contribution in [0.2, 0.25) is 0 Å². The van der Waals surface area contributed by atoms with Crippen LogP contribution in [0.1, 0.15) is 30.5 Å². The Kier molecular flexibility index (Phi) is 10.5. The van der Waals surface area contributed by atoms with Crippen LogP contribution in [0.25, 0.3) is 0 Å². The summed E-state index contributed by atoms with van der Waals surface area (Å²) >= 11 is 0. The molecule has 1 saturated heterocycles. The standard InChI is InChI=1S/C33H37N3O7/c1-22(34-32(40)42-20-25-12-8-5-9-13-25)30(38)36-28(19-24-14-16-26(41-3)17-15-24)31(39)35-27(29(37)33(2)21-43-33)18-23-10-6-4-7-11-23/h4-17,22,27-28H,18-21H2,1-3H3,(H,34,40)(H,35,39)(H,36,38)/t22-,27-,28-,33-/m0/s1. The fourth-order valence-corrected chi connectivity index (χ4v) is 4.46. The normalized spacial score (nSPS) is 17.5. The van der Waals surface area contributed by atoms with E-state index in [1.165, 1.54) is 6.92 Å². The minimum absolute atomic E-state index is 0.0446. The quantitative estimate of drug-likeness (QED) is 0.247. The smallest absolute Gasteiger partial charge is 0.408 e. The Bertz CT molecular complexity index is 1390. The maximum Gasteiger partial charge on any atom is 0.408 e. The second-order valence-electron chi connectivity index (χ2n) is 10.7. The first-order valence-electron chi connectivity index (χ1n) is 14.1. The van der Waals surface area contributed by atoms with E-state index in [1.807, 2.05) is 60.7 Å². The third kappa shape index (κ3) is 9.14. The molecule has 1 aliphatic rings. The number of hydrogen-bond donors (Lipinski definition) is 3. The van der Waals surface area contributed by atoms with E-state index >= 15 is 0 Å². The van der Waals surface area contributed by atoms with Crippen molar-refractivity contribution in [3.05, 3.63) is 102 Å². The summed E-state index contributed by atoms with van der Waals surface area (Å²) in [6, 6.07) is 22.7. The van der Waals surface area contributed by atoms with Gasteiger partial charge in [-0.05, 0) is 49.1 Å². The number of ether oxygens (including phenoxy) is 3. The van der Waals surface area contributed by atoms with Gasteiger partial charge in [-0.1, -0.05) is 72.8 Å². The molecule has 226 valence electrons. The second-order valence-corrected chi connectivity index (χ2v) is 10.7. The van der Waals surface area contributed by atoms with Gasteiger partial charge in [0.05, 0.1) is 19.8 Å². The summed E-state index contributed by atoms with van der Waals surface area (Å²) in [6.07, 6.45) is -0.375. The maximum atomic E-state index is 13.7. The van der Waals surface area contributed by atoms with Crippen molar-refractivity contribution < 1.29 is 33.4 Å². The highest BCUT2D eigenvalue weighted by Gasteiger charge is 2.50. The third-order valence-corrected chi connectivity index (χ3v) is 7.19. The fourth-order valence-electron chi connectivity index (χ4n) is 4.46. The van der Waals surface area contributed by atoms with Gasteiger partial charge in [-0.25, -0.2) is 4.79 Å². The fraction of sp³-hybridized carbons (Fsp3) is 0.333. The maximum absolute atomic E-state index is 13.7. The zero-order valence-electron chi connectivity index (χ0n) is 24.5. The molecule has 10 nitrogen and oxygen atoms in total. The number of rotatable bonds is 14. The topological polar surface area (TPSA) is 135 Å². The van der Waals surface area contributed by atoms with Crippen molar-refractivity contribution in [2.45, 2.75) is 57.0 Å². The molecule has 10 heteroatoms. The van der Waals surface area contributed by atoms with Crippen LogP contribution in [-0.2, 0) is 43.3 Å². The van der Waals surface area contributed by atoms with Crippen molar-refractivity contribution >= 4 is 23.7 Å². The molecule has 1 heterocycles. The Morgan fingerprint density at radius 2 is 1.30 bits per heavy atom. The van der Waals surface area contributed by atoms with E-state index in [-0.39, 0.29) is 31.8 Å². The summed E-state index contributed by atoms with van der Waals surface area (Å²) in [7, 11) is 1.55. The molecule has 0 unspecified atom stereocenters. The first-order chi connectivity index (χ1) is 20.7. The summed E-state index contributed by atoms with van der Waals surface area (Å²) in [5, 5.41) is 8.10. The largest absolute Gasteiger partial charge is 0.497 e. The average molecular weight is 588 g/mol. The Hall–Kier alpha value is -4.70. The van der Waals surface area contributed by atoms with Crippen LogP contribution in [0.3, 0.4) is 0 Å². The predicted octanol–water partition coefficient (Wildman–Crippen LogP) is 3.12. The molecule has 0 spiro atoms. The molecule has 1 fully saturated rings. The molecule has 0 aromatic heterocycles. The summed E-state index contributed by atoms with van der Waals surface area (Å²) < 4.78 is 15.8. The zero-order valence-corrected chi connectivity index (χ0v) is 24.5. The highest BCUT2D eigenvalue weighted by Crippen LogP contribution is 2.29. The second kappa shape index (κ2) is 14.5. The number of alkyl carbamates (subject to hydrolysis) is 1. The lowest BCUT2D eigenvalue weighted by atomic mass is 9.94. The van der Waals surface area contributed by atoms with Crippen LogP contribution in [0, 0.1) is 0 Å². The van der Waals surface area contributed by atoms with Gasteiger partial charge in [0.25, 0.3) is 0 Å². The van der Waals surface area contributed by atoms with E-state index in [1.54, 1.807) is 38.3 Å². The lowest BCUT2D eigenvalue weighted by molar-refractivity contribution is -0.133. The van der Waals surface area contributed by atoms with Gasteiger partial charge in [-0.15, -0.1) is 0 Å². The molecule has 4 rings (SSSR count). The van der Waals surface area contributed by atoms with Gasteiger partial charge in [0.2, 0.25) is 11.8 Å². The Balaban J connectivity index is 1.45. The first kappa shape index (κ1) is 31.2. The van der Waals surface area contributed by atoms with Crippen molar-refractivity contribution in [3.63, 3.8) is 0 Å². The first-order valence-corrected chi connectivity index (χ1v) is 14.1. The lowest BCUT2D eigenvalue weighted by Gasteiger charge is -2.25. The van der Waals surface area contributed by atoms with Crippen molar-refractivity contribution in [1.82, 2.24) is 16.0 Å². The molecule has 0 saturated carbocycles. The lowest BCUT2D eigenvalue weighted by Crippen LogP contribution is -2.57. The predicted molar refractivity (Wildman–Crippen MR) is 159 cm³/mol. The number of methoxy groups -OCH3 is 1. The van der Waals surface area contributed by atoms with Crippen LogP contribution >= 0.6 is 0 Å². The third-order valence-electron chi connectivity index (χ3n) is 7.19. The number of hydrogen-bond acceptors (Lipinski definition) is 7. The van der Waals surface area contributed by atoms with Gasteiger partial charge in [-0.2, -0.15) is 0 Å². The monoisotopic (exact) mass is 587 g/mol. The molecule has 0 aliphatic carbocycles. The molecule has 3 N–H and O–H groups in total. The Morgan fingerprint density at radius 1 is 0.767 bits per heavy atom. The molecule has 0 radical (unpaired) electrons. The van der Waals surface area contributed by atoms with Crippen molar-refractivity contribution in [2.75, 3.05) is 13.7 Å². The summed E-state index contributed by atoms with van der Waals surface area (Å²) in [5.74, 6) is -0.724. The van der Waals surface area contributed by atoms with Gasteiger partial charge >= 0.3 is 6.09 Å². The molecule has 1 aliphatic heterocycles. The van der Waals surface area contributed by atoms with E-state index < -0.39 is 41.6 Å². The van der Waals surface area contributed by atoms with Gasteiger partial charge in [0.1, 0.15) is 30.0 Å². The minimum Gasteiger partial charge on any atom is -0.497 e. The number of epoxide rings is 1. The number of benzene rings is 3. The van der Waals surface area contributed by atoms with Gasteiger partial charge < -0.3 is 30.2 Å². The summed E-state index contributed by atoms with van der Waals surface area (Å²) in [6.45, 7) is 3.51. The van der Waals surface area contributed by atoms with E-state index in [9.17, 15) is 19.2 Å². The Morgan fingerprint density at radius 3 is 1.88 bits per heavy atom. The van der Waals surface area contributed by atoms with Crippen molar-refractivity contribution in [1.29, 1.82) is 0 Å². The van der Waals surface area contributed by atoms with Crippen molar-refractivity contribution in [2.24, 2.45) is 0 Å². The SMILES string of the molecule is COc1ccc(C[C@H](NC(=O)[C@H](C)NC(=O)OCc2ccccc2)C(=O)N[C@@H](Cc2ccccc2)C(=O)[C@]2(C)CO2)cc1. The van der Waals surface area contributed by atoms with Crippen LogP contribution < -0.4 is 20.7 Å². The molecule has 0 bridgehead atoms. The van der Waals surface area contributed by atoms with Crippen LogP contribution in [0.15, 0.2) is 84.9 Å². The number of ketones is 1. The molecule has 3 amide bonds. The molecular formula is C33H37N3O7. The summed E-state index contributed by atoms with van der Waals surface area (Å²) in [4.78, 5) is 52.6. The van der Waals surface area contributed by atoms with Gasteiger partial charge in [0.15, 0.2) is 5.78 Å². The van der Waals surface area contributed by atoms with E-state index in [4.69, 9.17) is 14.2 Å². The Labute approximate surface area is 251 Å². The molecule has 43 heavy (non-hydrogen) atoms. The number of carbonyl (C=O) groups is 4.